The molecule has 4 aromatic rings. The number of rotatable bonds is 6. The molecule has 0 atom stereocenters. The number of fused-ring (bicyclic) bond motifs is 1. The lowest BCUT2D eigenvalue weighted by molar-refractivity contribution is -0.118. The summed E-state index contributed by atoms with van der Waals surface area (Å²) in [4.78, 5) is 25.3. The van der Waals surface area contributed by atoms with E-state index in [9.17, 15) is 9.59 Å². The molecule has 0 aliphatic carbocycles. The Bertz CT molecular complexity index is 1350. The second-order valence-electron chi connectivity index (χ2n) is 7.07. The zero-order valence-corrected chi connectivity index (χ0v) is 18.2. The smallest absolute Gasteiger partial charge is 0.262 e. The second kappa shape index (κ2) is 9.16. The molecule has 0 unspecified atom stereocenters. The standard InChI is InChI=1S/C25H20ClNO5/c1-15-24(16-6-4-3-5-7-16)25(29)19-10-9-18(13-22(19)32-15)31-14-23(28)27-17-8-11-21(30-2)20(26)12-17/h3-13H,14H2,1-2H3,(H,27,28). The van der Waals surface area contributed by atoms with Crippen LogP contribution in [0.1, 0.15) is 5.76 Å². The first-order valence-corrected chi connectivity index (χ1v) is 10.2. The van der Waals surface area contributed by atoms with Crippen molar-refractivity contribution in [2.24, 2.45) is 0 Å². The maximum Gasteiger partial charge on any atom is 0.262 e. The first-order chi connectivity index (χ1) is 15.5. The van der Waals surface area contributed by atoms with E-state index in [-0.39, 0.29) is 17.9 Å². The fourth-order valence-electron chi connectivity index (χ4n) is 3.40. The molecule has 0 aliphatic heterocycles. The van der Waals surface area contributed by atoms with Crippen LogP contribution in [-0.2, 0) is 4.79 Å². The number of carbonyl (C=O) groups excluding carboxylic acids is 1. The highest BCUT2D eigenvalue weighted by Gasteiger charge is 2.14. The van der Waals surface area contributed by atoms with Gasteiger partial charge < -0.3 is 19.2 Å². The highest BCUT2D eigenvalue weighted by atomic mass is 35.5. The van der Waals surface area contributed by atoms with Crippen LogP contribution in [0.5, 0.6) is 11.5 Å². The van der Waals surface area contributed by atoms with Crippen molar-refractivity contribution >= 4 is 34.2 Å². The van der Waals surface area contributed by atoms with Crippen LogP contribution in [0.2, 0.25) is 5.02 Å². The Labute approximate surface area is 189 Å². The summed E-state index contributed by atoms with van der Waals surface area (Å²) in [5.41, 5.74) is 2.14. The van der Waals surface area contributed by atoms with E-state index in [1.54, 1.807) is 43.3 Å². The van der Waals surface area contributed by atoms with E-state index >= 15 is 0 Å². The van der Waals surface area contributed by atoms with Gasteiger partial charge in [0, 0.05) is 11.8 Å². The lowest BCUT2D eigenvalue weighted by Crippen LogP contribution is -2.20. The van der Waals surface area contributed by atoms with Crippen LogP contribution in [-0.4, -0.2) is 19.6 Å². The number of halogens is 1. The van der Waals surface area contributed by atoms with Crippen molar-refractivity contribution in [2.75, 3.05) is 19.0 Å². The third kappa shape index (κ3) is 4.45. The van der Waals surface area contributed by atoms with Gasteiger partial charge in [0.05, 0.1) is 23.1 Å². The molecule has 162 valence electrons. The second-order valence-corrected chi connectivity index (χ2v) is 7.48. The van der Waals surface area contributed by atoms with Crippen molar-refractivity contribution in [3.63, 3.8) is 0 Å². The minimum atomic E-state index is -0.358. The zero-order chi connectivity index (χ0) is 22.7. The normalized spacial score (nSPS) is 10.7. The summed E-state index contributed by atoms with van der Waals surface area (Å²) in [5.74, 6) is 1.09. The van der Waals surface area contributed by atoms with Crippen molar-refractivity contribution in [2.45, 2.75) is 6.92 Å². The Balaban J connectivity index is 1.50. The van der Waals surface area contributed by atoms with Gasteiger partial charge in [-0.3, -0.25) is 9.59 Å². The molecule has 0 radical (unpaired) electrons. The summed E-state index contributed by atoms with van der Waals surface area (Å²) in [6, 6.07) is 19.2. The third-order valence-corrected chi connectivity index (χ3v) is 5.20. The summed E-state index contributed by atoms with van der Waals surface area (Å²) in [6.45, 7) is 1.53. The number of hydrogen-bond donors (Lipinski definition) is 1. The molecule has 1 heterocycles. The number of methoxy groups -OCH3 is 1. The quantitative estimate of drug-likeness (QED) is 0.423. The molecule has 6 nitrogen and oxygen atoms in total. The zero-order valence-electron chi connectivity index (χ0n) is 17.5. The Morgan fingerprint density at radius 1 is 1.06 bits per heavy atom. The van der Waals surface area contributed by atoms with Gasteiger partial charge in [0.2, 0.25) is 5.43 Å². The predicted octanol–water partition coefficient (Wildman–Crippen LogP) is 5.45. The molecule has 0 bridgehead atoms. The molecule has 0 fully saturated rings. The fourth-order valence-corrected chi connectivity index (χ4v) is 3.66. The van der Waals surface area contributed by atoms with E-state index in [0.717, 1.165) is 5.56 Å². The van der Waals surface area contributed by atoms with Crippen LogP contribution in [0.3, 0.4) is 0 Å². The third-order valence-electron chi connectivity index (χ3n) is 4.91. The van der Waals surface area contributed by atoms with Crippen molar-refractivity contribution in [3.05, 3.63) is 87.7 Å². The van der Waals surface area contributed by atoms with Gasteiger partial charge in [0.25, 0.3) is 5.91 Å². The van der Waals surface area contributed by atoms with Gasteiger partial charge >= 0.3 is 0 Å². The molecule has 1 N–H and O–H groups in total. The largest absolute Gasteiger partial charge is 0.495 e. The number of hydrogen-bond acceptors (Lipinski definition) is 5. The highest BCUT2D eigenvalue weighted by molar-refractivity contribution is 6.32. The number of anilines is 1. The summed E-state index contributed by atoms with van der Waals surface area (Å²) in [7, 11) is 1.52. The lowest BCUT2D eigenvalue weighted by atomic mass is 10.0. The Morgan fingerprint density at radius 2 is 1.84 bits per heavy atom. The number of benzene rings is 3. The van der Waals surface area contributed by atoms with Crippen LogP contribution in [0, 0.1) is 6.92 Å². The van der Waals surface area contributed by atoms with Crippen LogP contribution >= 0.6 is 11.6 Å². The summed E-state index contributed by atoms with van der Waals surface area (Å²) in [6.07, 6.45) is 0. The fraction of sp³-hybridized carbons (Fsp3) is 0.120. The van der Waals surface area contributed by atoms with Gasteiger partial charge in [0.1, 0.15) is 22.8 Å². The monoisotopic (exact) mass is 449 g/mol. The molecule has 7 heteroatoms. The Kier molecular flexibility index (Phi) is 6.14. The molecular formula is C25H20ClNO5. The van der Waals surface area contributed by atoms with E-state index in [4.69, 9.17) is 25.5 Å². The van der Waals surface area contributed by atoms with Gasteiger partial charge in [-0.05, 0) is 42.8 Å². The van der Waals surface area contributed by atoms with E-state index in [2.05, 4.69) is 5.32 Å². The van der Waals surface area contributed by atoms with Crippen molar-refractivity contribution in [1.29, 1.82) is 0 Å². The SMILES string of the molecule is COc1ccc(NC(=O)COc2ccc3c(=O)c(-c4ccccc4)c(C)oc3c2)cc1Cl. The van der Waals surface area contributed by atoms with Gasteiger partial charge in [0.15, 0.2) is 6.61 Å². The highest BCUT2D eigenvalue weighted by Crippen LogP contribution is 2.28. The first kappa shape index (κ1) is 21.5. The number of amides is 1. The number of aryl methyl sites for hydroxylation is 1. The Hall–Kier alpha value is -3.77. The average molecular weight is 450 g/mol. The van der Waals surface area contributed by atoms with Gasteiger partial charge in [-0.15, -0.1) is 0 Å². The van der Waals surface area contributed by atoms with Crippen LogP contribution < -0.4 is 20.2 Å². The first-order valence-electron chi connectivity index (χ1n) is 9.85. The van der Waals surface area contributed by atoms with Crippen LogP contribution in [0.15, 0.2) is 75.9 Å². The van der Waals surface area contributed by atoms with Gasteiger partial charge in [-0.25, -0.2) is 0 Å². The van der Waals surface area contributed by atoms with E-state index in [1.807, 2.05) is 30.3 Å². The van der Waals surface area contributed by atoms with E-state index in [0.29, 0.717) is 44.5 Å². The maximum absolute atomic E-state index is 13.0. The van der Waals surface area contributed by atoms with Gasteiger partial charge in [-0.2, -0.15) is 0 Å². The average Bonchev–Trinajstić information content (AvgIpc) is 2.78. The summed E-state index contributed by atoms with van der Waals surface area (Å²) >= 11 is 6.07. The lowest BCUT2D eigenvalue weighted by Gasteiger charge is -2.10. The molecule has 4 rings (SSSR count). The molecule has 32 heavy (non-hydrogen) atoms. The molecular weight excluding hydrogens is 430 g/mol. The molecule has 0 aliphatic rings. The molecule has 0 saturated carbocycles. The van der Waals surface area contributed by atoms with Crippen LogP contribution in [0.25, 0.3) is 22.1 Å². The van der Waals surface area contributed by atoms with Crippen LogP contribution in [0.4, 0.5) is 5.69 Å². The number of ether oxygens (including phenoxy) is 2. The summed E-state index contributed by atoms with van der Waals surface area (Å²) in [5, 5.41) is 3.54. The van der Waals surface area contributed by atoms with Crippen molar-refractivity contribution in [3.8, 4) is 22.6 Å². The number of carbonyl (C=O) groups is 1. The molecule has 1 aromatic heterocycles. The Morgan fingerprint density at radius 3 is 2.56 bits per heavy atom. The van der Waals surface area contributed by atoms with Crippen molar-refractivity contribution in [1.82, 2.24) is 0 Å². The molecule has 3 aromatic carbocycles. The molecule has 0 spiro atoms. The maximum atomic E-state index is 13.0. The minimum absolute atomic E-state index is 0.115. The number of nitrogens with one attached hydrogen (secondary N) is 1. The molecule has 0 saturated heterocycles. The minimum Gasteiger partial charge on any atom is -0.495 e. The van der Waals surface area contributed by atoms with E-state index < -0.39 is 0 Å². The van der Waals surface area contributed by atoms with E-state index in [1.165, 1.54) is 7.11 Å². The molecule has 1 amide bonds. The summed E-state index contributed by atoms with van der Waals surface area (Å²) < 4.78 is 16.6. The van der Waals surface area contributed by atoms with Crippen molar-refractivity contribution < 1.29 is 18.7 Å². The predicted molar refractivity (Wildman–Crippen MR) is 125 cm³/mol. The van der Waals surface area contributed by atoms with Gasteiger partial charge in [-0.1, -0.05) is 41.9 Å². The topological polar surface area (TPSA) is 77.8 Å².